The van der Waals surface area contributed by atoms with Gasteiger partial charge in [0.1, 0.15) is 0 Å². The number of amides is 1. The van der Waals surface area contributed by atoms with E-state index >= 15 is 0 Å². The van der Waals surface area contributed by atoms with Gasteiger partial charge in [0.25, 0.3) is 5.91 Å². The third kappa shape index (κ3) is 5.29. The Morgan fingerprint density at radius 1 is 1.14 bits per heavy atom. The Balaban J connectivity index is 1.44. The summed E-state index contributed by atoms with van der Waals surface area (Å²) in [6.07, 6.45) is 4.02. The van der Waals surface area contributed by atoms with Crippen LogP contribution in [0.15, 0.2) is 66.6 Å². The number of aromatic nitrogens is 1. The molecule has 0 bridgehead atoms. The maximum atomic E-state index is 12.8. The van der Waals surface area contributed by atoms with Gasteiger partial charge in [-0.05, 0) is 47.2 Å². The number of fused-ring (bicyclic) bond motifs is 1. The van der Waals surface area contributed by atoms with E-state index in [4.69, 9.17) is 16.3 Å². The van der Waals surface area contributed by atoms with E-state index in [1.54, 1.807) is 6.20 Å². The van der Waals surface area contributed by atoms with Crippen molar-refractivity contribution < 1.29 is 14.6 Å². The van der Waals surface area contributed by atoms with Crippen molar-refractivity contribution >= 4 is 34.1 Å². The summed E-state index contributed by atoms with van der Waals surface area (Å²) in [5, 5.41) is 16.7. The fourth-order valence-corrected chi connectivity index (χ4v) is 4.63. The molecule has 4 rings (SSSR count). The van der Waals surface area contributed by atoms with Crippen molar-refractivity contribution in [3.63, 3.8) is 0 Å². The third-order valence-electron chi connectivity index (χ3n) is 6.43. The molecule has 0 saturated heterocycles. The van der Waals surface area contributed by atoms with Gasteiger partial charge in [0.15, 0.2) is 5.76 Å². The van der Waals surface area contributed by atoms with E-state index in [1.807, 2.05) is 36.4 Å². The number of hydrogen-bond acceptors (Lipinski definition) is 5. The number of nitrogens with zero attached hydrogens (tertiary/aromatic N) is 2. The highest BCUT2D eigenvalue weighted by atomic mass is 35.5. The third-order valence-corrected chi connectivity index (χ3v) is 6.67. The number of benzene rings is 2. The lowest BCUT2D eigenvalue weighted by atomic mass is 9.86. The number of carbonyl (C=O) groups excluding carboxylic acids is 1. The van der Waals surface area contributed by atoms with Crippen LogP contribution in [0.3, 0.4) is 0 Å². The zero-order valence-corrected chi connectivity index (χ0v) is 21.4. The molecule has 2 N–H and O–H groups in total. The lowest BCUT2D eigenvalue weighted by Crippen LogP contribution is -2.51. The predicted octanol–water partition coefficient (Wildman–Crippen LogP) is 5.29. The van der Waals surface area contributed by atoms with Crippen LogP contribution in [0.25, 0.3) is 10.9 Å². The van der Waals surface area contributed by atoms with Crippen LogP contribution < -0.4 is 5.32 Å². The van der Waals surface area contributed by atoms with Crippen LogP contribution in [0.4, 0.5) is 5.69 Å². The quantitative estimate of drug-likeness (QED) is 0.417. The number of aliphatic hydroxyl groups is 1. The van der Waals surface area contributed by atoms with Gasteiger partial charge in [-0.1, -0.05) is 56.6 Å². The van der Waals surface area contributed by atoms with E-state index in [0.29, 0.717) is 24.5 Å². The molecule has 3 aromatic rings. The molecule has 2 heterocycles. The van der Waals surface area contributed by atoms with Gasteiger partial charge in [0.05, 0.1) is 12.6 Å². The summed E-state index contributed by atoms with van der Waals surface area (Å²) < 4.78 is 5.43. The molecule has 2 aromatic carbocycles. The second-order valence-electron chi connectivity index (χ2n) is 9.94. The van der Waals surface area contributed by atoms with Crippen LogP contribution in [0.2, 0.25) is 5.02 Å². The molecule has 0 fully saturated rings. The average molecular weight is 494 g/mol. The van der Waals surface area contributed by atoms with Crippen molar-refractivity contribution in [3.05, 3.63) is 82.7 Å². The van der Waals surface area contributed by atoms with Crippen LogP contribution in [-0.2, 0) is 21.4 Å². The minimum atomic E-state index is -1.52. The number of ether oxygens (including phenoxy) is 1. The normalized spacial score (nSPS) is 18.2. The van der Waals surface area contributed by atoms with Gasteiger partial charge in [-0.15, -0.1) is 0 Å². The molecule has 1 unspecified atom stereocenters. The van der Waals surface area contributed by atoms with Crippen molar-refractivity contribution in [3.8, 4) is 0 Å². The Morgan fingerprint density at radius 3 is 2.57 bits per heavy atom. The second kappa shape index (κ2) is 9.88. The molecule has 7 heteroatoms. The summed E-state index contributed by atoms with van der Waals surface area (Å²) in [4.78, 5) is 18.6. The van der Waals surface area contributed by atoms with Crippen LogP contribution in [0.5, 0.6) is 0 Å². The minimum absolute atomic E-state index is 0.0434. The first-order valence-electron chi connectivity index (χ1n) is 11.8. The molecular formula is C28H32ClN3O3. The molecule has 1 aromatic heterocycles. The molecular weight excluding hydrogens is 462 g/mol. The SMILES string of the molecule is COC1=CC(=O)N(CCCNc2ccnc3cc(Cl)ccc23)C1(O)Cc1ccc(C(C)(C)C)cc1. The standard InChI is InChI=1S/C28H32ClN3O3/c1-27(2,3)20-8-6-19(7-9-20)18-28(34)25(35-4)17-26(33)32(28)15-5-13-30-23-12-14-31-24-16-21(29)10-11-22(23)24/h6-12,14,16-17,34H,5,13,15,18H2,1-4H3,(H,30,31). The summed E-state index contributed by atoms with van der Waals surface area (Å²) in [7, 11) is 1.48. The van der Waals surface area contributed by atoms with E-state index in [-0.39, 0.29) is 23.5 Å². The topological polar surface area (TPSA) is 74.7 Å². The Morgan fingerprint density at radius 2 is 1.89 bits per heavy atom. The molecule has 1 amide bonds. The minimum Gasteiger partial charge on any atom is -0.496 e. The van der Waals surface area contributed by atoms with E-state index in [9.17, 15) is 9.90 Å². The lowest BCUT2D eigenvalue weighted by molar-refractivity contribution is -0.146. The van der Waals surface area contributed by atoms with Crippen molar-refractivity contribution in [2.45, 2.75) is 44.8 Å². The molecule has 0 aliphatic carbocycles. The number of hydrogen-bond donors (Lipinski definition) is 2. The van der Waals surface area contributed by atoms with E-state index < -0.39 is 5.72 Å². The monoisotopic (exact) mass is 493 g/mol. The largest absolute Gasteiger partial charge is 0.496 e. The van der Waals surface area contributed by atoms with E-state index in [1.165, 1.54) is 23.6 Å². The number of nitrogens with one attached hydrogen (secondary N) is 1. The highest BCUT2D eigenvalue weighted by Gasteiger charge is 2.47. The second-order valence-corrected chi connectivity index (χ2v) is 10.4. The van der Waals surface area contributed by atoms with Gasteiger partial charge in [0, 0.05) is 47.9 Å². The first kappa shape index (κ1) is 25.0. The summed E-state index contributed by atoms with van der Waals surface area (Å²) in [5.74, 6) is 0.0204. The number of methoxy groups -OCH3 is 1. The number of rotatable bonds is 8. The maximum Gasteiger partial charge on any atom is 0.252 e. The molecule has 1 atom stereocenters. The molecule has 6 nitrogen and oxygen atoms in total. The van der Waals surface area contributed by atoms with Gasteiger partial charge < -0.3 is 20.1 Å². The van der Waals surface area contributed by atoms with E-state index in [0.717, 1.165) is 22.2 Å². The van der Waals surface area contributed by atoms with Crippen molar-refractivity contribution in [2.75, 3.05) is 25.5 Å². The van der Waals surface area contributed by atoms with Gasteiger partial charge >= 0.3 is 0 Å². The summed E-state index contributed by atoms with van der Waals surface area (Å²) in [5.41, 5.74) is 2.44. The highest BCUT2D eigenvalue weighted by molar-refractivity contribution is 6.31. The molecule has 0 radical (unpaired) electrons. The zero-order chi connectivity index (χ0) is 25.2. The Bertz CT molecular complexity index is 1250. The van der Waals surface area contributed by atoms with Gasteiger partial charge in [-0.3, -0.25) is 9.78 Å². The maximum absolute atomic E-state index is 12.8. The smallest absolute Gasteiger partial charge is 0.252 e. The molecule has 184 valence electrons. The van der Waals surface area contributed by atoms with Gasteiger partial charge in [0.2, 0.25) is 5.72 Å². The summed E-state index contributed by atoms with van der Waals surface area (Å²) in [6.45, 7) is 7.48. The average Bonchev–Trinajstić information content (AvgIpc) is 3.05. The van der Waals surface area contributed by atoms with Crippen molar-refractivity contribution in [2.24, 2.45) is 0 Å². The number of pyridine rings is 1. The van der Waals surface area contributed by atoms with Gasteiger partial charge in [-0.25, -0.2) is 0 Å². The van der Waals surface area contributed by atoms with Crippen LogP contribution in [0.1, 0.15) is 38.3 Å². The number of anilines is 1. The number of halogens is 1. The highest BCUT2D eigenvalue weighted by Crippen LogP contribution is 2.34. The van der Waals surface area contributed by atoms with Crippen molar-refractivity contribution in [1.82, 2.24) is 9.88 Å². The predicted molar refractivity (Wildman–Crippen MR) is 140 cm³/mol. The molecule has 0 saturated carbocycles. The first-order chi connectivity index (χ1) is 16.6. The van der Waals surface area contributed by atoms with E-state index in [2.05, 4.69) is 43.2 Å². The molecule has 0 spiro atoms. The zero-order valence-electron chi connectivity index (χ0n) is 20.6. The number of carbonyl (C=O) groups is 1. The Hall–Kier alpha value is -3.09. The first-order valence-corrected chi connectivity index (χ1v) is 12.2. The van der Waals surface area contributed by atoms with Crippen LogP contribution in [0, 0.1) is 0 Å². The lowest BCUT2D eigenvalue weighted by Gasteiger charge is -2.35. The Kier molecular flexibility index (Phi) is 7.06. The van der Waals surface area contributed by atoms with Gasteiger partial charge in [-0.2, -0.15) is 0 Å². The summed E-state index contributed by atoms with van der Waals surface area (Å²) >= 11 is 6.08. The molecule has 1 aliphatic rings. The fourth-order valence-electron chi connectivity index (χ4n) is 4.46. The molecule has 1 aliphatic heterocycles. The Labute approximate surface area is 211 Å². The molecule has 35 heavy (non-hydrogen) atoms. The van der Waals surface area contributed by atoms with Crippen LogP contribution in [-0.4, -0.2) is 46.8 Å². The van der Waals surface area contributed by atoms with Crippen LogP contribution >= 0.6 is 11.6 Å². The fraction of sp³-hybridized carbons (Fsp3) is 0.357. The summed E-state index contributed by atoms with van der Waals surface area (Å²) in [6, 6.07) is 15.7. The van der Waals surface area contributed by atoms with Crippen molar-refractivity contribution in [1.29, 1.82) is 0 Å².